The van der Waals surface area contributed by atoms with Crippen LogP contribution in [0, 0.1) is 0 Å². The van der Waals surface area contributed by atoms with E-state index in [0.717, 1.165) is 10.5 Å². The zero-order valence-electron chi connectivity index (χ0n) is 20.5. The third kappa shape index (κ3) is 6.92. The van der Waals surface area contributed by atoms with E-state index in [2.05, 4.69) is 21.2 Å². The lowest BCUT2D eigenvalue weighted by Gasteiger charge is -2.28. The number of carbonyl (C=O) groups is 2. The third-order valence-electron chi connectivity index (χ3n) is 5.23. The fourth-order valence-electron chi connectivity index (χ4n) is 3.51. The Morgan fingerprint density at radius 3 is 2.64 bits per heavy atom. The first-order valence-corrected chi connectivity index (χ1v) is 12.5. The van der Waals surface area contributed by atoms with Gasteiger partial charge in [0.15, 0.2) is 17.7 Å². The van der Waals surface area contributed by atoms with Crippen molar-refractivity contribution >= 4 is 30.0 Å². The highest BCUT2D eigenvalue weighted by atomic mass is 32.2. The number of urea groups is 1. The number of ether oxygens (including phenoxy) is 3. The van der Waals surface area contributed by atoms with Gasteiger partial charge in [-0.15, -0.1) is 11.8 Å². The van der Waals surface area contributed by atoms with E-state index in [-0.39, 0.29) is 12.2 Å². The SMILES string of the molecule is CCOc1cc([C@H]2NC(=O)NC(C)=C2C(=O)OC)ccc1OC[C@H](O)N/N=C\c1ccc(SC)cc1. The Hall–Kier alpha value is -3.70. The first-order valence-electron chi connectivity index (χ1n) is 11.2. The molecule has 2 aromatic carbocycles. The molecule has 0 fully saturated rings. The zero-order valence-corrected chi connectivity index (χ0v) is 21.3. The maximum absolute atomic E-state index is 12.4. The predicted octanol–water partition coefficient (Wildman–Crippen LogP) is 2.93. The number of rotatable bonds is 11. The summed E-state index contributed by atoms with van der Waals surface area (Å²) < 4.78 is 16.4. The molecule has 0 bridgehead atoms. The molecule has 1 heterocycles. The molecule has 192 valence electrons. The molecule has 0 spiro atoms. The van der Waals surface area contributed by atoms with Crippen LogP contribution in [0.15, 0.2) is 63.7 Å². The maximum Gasteiger partial charge on any atom is 0.337 e. The number of allylic oxidation sites excluding steroid dienone is 1. The van der Waals surface area contributed by atoms with Gasteiger partial charge in [-0.3, -0.25) is 5.43 Å². The molecule has 3 rings (SSSR count). The highest BCUT2D eigenvalue weighted by Crippen LogP contribution is 2.34. The van der Waals surface area contributed by atoms with E-state index in [9.17, 15) is 14.7 Å². The summed E-state index contributed by atoms with van der Waals surface area (Å²) >= 11 is 1.66. The van der Waals surface area contributed by atoms with Gasteiger partial charge in [-0.1, -0.05) is 18.2 Å². The molecule has 10 nitrogen and oxygen atoms in total. The number of esters is 1. The largest absolute Gasteiger partial charge is 0.490 e. The minimum Gasteiger partial charge on any atom is -0.490 e. The Morgan fingerprint density at radius 2 is 1.97 bits per heavy atom. The summed E-state index contributed by atoms with van der Waals surface area (Å²) in [5.74, 6) is 0.228. The molecular weight excluding hydrogens is 484 g/mol. The fourth-order valence-corrected chi connectivity index (χ4v) is 3.92. The molecule has 4 N–H and O–H groups in total. The Balaban J connectivity index is 1.69. The minimum absolute atomic E-state index is 0.0985. The Bertz CT molecular complexity index is 1140. The highest BCUT2D eigenvalue weighted by molar-refractivity contribution is 7.98. The second kappa shape index (κ2) is 12.8. The molecule has 36 heavy (non-hydrogen) atoms. The monoisotopic (exact) mass is 514 g/mol. The van der Waals surface area contributed by atoms with Crippen LogP contribution in [-0.4, -0.2) is 56.1 Å². The first-order chi connectivity index (χ1) is 17.4. The maximum atomic E-state index is 12.4. The van der Waals surface area contributed by atoms with Crippen molar-refractivity contribution in [1.29, 1.82) is 0 Å². The number of hydrazone groups is 1. The number of nitrogens with one attached hydrogen (secondary N) is 3. The number of hydrogen-bond acceptors (Lipinski definition) is 9. The van der Waals surface area contributed by atoms with E-state index in [0.29, 0.717) is 29.4 Å². The lowest BCUT2D eigenvalue weighted by atomic mass is 9.95. The van der Waals surface area contributed by atoms with Gasteiger partial charge in [0.05, 0.1) is 31.5 Å². The van der Waals surface area contributed by atoms with Crippen LogP contribution in [0.25, 0.3) is 0 Å². The zero-order chi connectivity index (χ0) is 26.1. The molecule has 2 aromatic rings. The number of aliphatic hydroxyl groups excluding tert-OH is 1. The summed E-state index contributed by atoms with van der Waals surface area (Å²) in [4.78, 5) is 25.6. The number of carbonyl (C=O) groups excluding carboxylic acids is 2. The normalized spacial score (nSPS) is 16.2. The van der Waals surface area contributed by atoms with Gasteiger partial charge < -0.3 is 30.0 Å². The number of benzene rings is 2. The number of amides is 2. The molecule has 0 saturated carbocycles. The number of thioether (sulfide) groups is 1. The molecule has 0 saturated heterocycles. The summed E-state index contributed by atoms with van der Waals surface area (Å²) in [6.07, 6.45) is 2.55. The van der Waals surface area contributed by atoms with Crippen molar-refractivity contribution in [2.24, 2.45) is 5.10 Å². The van der Waals surface area contributed by atoms with Crippen molar-refractivity contribution in [1.82, 2.24) is 16.1 Å². The number of nitrogens with zero attached hydrogens (tertiary/aromatic N) is 1. The van der Waals surface area contributed by atoms with Crippen LogP contribution in [-0.2, 0) is 9.53 Å². The molecule has 2 atom stereocenters. The van der Waals surface area contributed by atoms with Gasteiger partial charge in [-0.05, 0) is 55.5 Å². The summed E-state index contributed by atoms with van der Waals surface area (Å²) in [6, 6.07) is 11.7. The lowest BCUT2D eigenvalue weighted by molar-refractivity contribution is -0.136. The number of aliphatic hydroxyl groups is 1. The van der Waals surface area contributed by atoms with E-state index in [4.69, 9.17) is 14.2 Å². The van der Waals surface area contributed by atoms with Gasteiger partial charge >= 0.3 is 12.0 Å². The van der Waals surface area contributed by atoms with E-state index < -0.39 is 24.3 Å². The van der Waals surface area contributed by atoms with Gasteiger partial charge in [0.1, 0.15) is 6.61 Å². The quantitative estimate of drug-likeness (QED) is 0.118. The summed E-state index contributed by atoms with van der Waals surface area (Å²) in [5, 5.41) is 19.6. The average molecular weight is 515 g/mol. The van der Waals surface area contributed by atoms with E-state index in [1.807, 2.05) is 37.4 Å². The van der Waals surface area contributed by atoms with Crippen molar-refractivity contribution < 1.29 is 28.9 Å². The number of hydrogen-bond donors (Lipinski definition) is 4. The van der Waals surface area contributed by atoms with E-state index in [1.54, 1.807) is 43.1 Å². The molecule has 0 aromatic heterocycles. The molecule has 0 aliphatic carbocycles. The first kappa shape index (κ1) is 26.9. The highest BCUT2D eigenvalue weighted by Gasteiger charge is 2.32. The molecule has 0 radical (unpaired) electrons. The number of methoxy groups -OCH3 is 1. The molecular formula is C25H30N4O6S. The van der Waals surface area contributed by atoms with Crippen LogP contribution in [0.2, 0.25) is 0 Å². The molecule has 1 aliphatic heterocycles. The van der Waals surface area contributed by atoms with Crippen LogP contribution in [0.1, 0.15) is 31.0 Å². The van der Waals surface area contributed by atoms with Crippen molar-refractivity contribution in [3.05, 3.63) is 64.9 Å². The van der Waals surface area contributed by atoms with Gasteiger partial charge in [0.2, 0.25) is 0 Å². The van der Waals surface area contributed by atoms with Crippen molar-refractivity contribution in [2.75, 3.05) is 26.6 Å². The second-order valence-corrected chi connectivity index (χ2v) is 8.57. The molecule has 11 heteroatoms. The minimum atomic E-state index is -1.07. The topological polar surface area (TPSA) is 131 Å². The van der Waals surface area contributed by atoms with Crippen LogP contribution in [0.5, 0.6) is 11.5 Å². The summed E-state index contributed by atoms with van der Waals surface area (Å²) in [5.41, 5.74) is 4.81. The van der Waals surface area contributed by atoms with Crippen LogP contribution in [0.4, 0.5) is 4.79 Å². The van der Waals surface area contributed by atoms with Crippen LogP contribution < -0.4 is 25.5 Å². The van der Waals surface area contributed by atoms with Crippen LogP contribution in [0.3, 0.4) is 0 Å². The standard InChI is InChI=1S/C25H30N4O6S/c1-5-34-20-12-17(23-22(24(31)33-3)15(2)27-25(32)28-23)8-11-19(20)35-14-21(30)29-26-13-16-6-9-18(36-4)10-7-16/h6-13,21,23,29-30H,5,14H2,1-4H3,(H2,27,28,32)/b26-13-/t21-,23+/m0/s1. The van der Waals surface area contributed by atoms with E-state index >= 15 is 0 Å². The fraction of sp³-hybridized carbons (Fsp3) is 0.320. The second-order valence-electron chi connectivity index (χ2n) is 7.69. The Labute approximate surface area is 214 Å². The molecule has 2 amide bonds. The Morgan fingerprint density at radius 1 is 1.22 bits per heavy atom. The van der Waals surface area contributed by atoms with Crippen molar-refractivity contribution in [3.8, 4) is 11.5 Å². The van der Waals surface area contributed by atoms with E-state index in [1.165, 1.54) is 7.11 Å². The van der Waals surface area contributed by atoms with Crippen molar-refractivity contribution in [3.63, 3.8) is 0 Å². The molecule has 0 unspecified atom stereocenters. The summed E-state index contributed by atoms with van der Waals surface area (Å²) in [7, 11) is 1.28. The van der Waals surface area contributed by atoms with Gasteiger partial charge in [-0.2, -0.15) is 5.10 Å². The van der Waals surface area contributed by atoms with Gasteiger partial charge in [-0.25, -0.2) is 9.59 Å². The smallest absolute Gasteiger partial charge is 0.337 e. The third-order valence-corrected chi connectivity index (χ3v) is 5.97. The predicted molar refractivity (Wildman–Crippen MR) is 137 cm³/mol. The van der Waals surface area contributed by atoms with Gasteiger partial charge in [0, 0.05) is 10.6 Å². The molecule has 1 aliphatic rings. The lowest BCUT2D eigenvalue weighted by Crippen LogP contribution is -2.45. The van der Waals surface area contributed by atoms with Crippen molar-refractivity contribution in [2.45, 2.75) is 31.0 Å². The average Bonchev–Trinajstić information content (AvgIpc) is 2.87. The van der Waals surface area contributed by atoms with Crippen LogP contribution >= 0.6 is 11.8 Å². The summed E-state index contributed by atoms with van der Waals surface area (Å²) in [6.45, 7) is 3.72. The van der Waals surface area contributed by atoms with Gasteiger partial charge in [0.25, 0.3) is 0 Å². The Kier molecular flexibility index (Phi) is 9.60.